The normalized spacial score (nSPS) is 8.43. The number of rotatable bonds is 0. The molecular weight excluding hydrogens is 157 g/mol. The summed E-state index contributed by atoms with van der Waals surface area (Å²) in [5.74, 6) is 0. The summed E-state index contributed by atoms with van der Waals surface area (Å²) < 4.78 is 8.88. The van der Waals surface area contributed by atoms with Gasteiger partial charge in [0.25, 0.3) is 0 Å². The molecule has 0 aromatic carbocycles. The van der Waals surface area contributed by atoms with Crippen LogP contribution in [-0.2, 0) is 4.57 Å². The van der Waals surface area contributed by atoms with E-state index in [2.05, 4.69) is 0 Å². The zero-order chi connectivity index (χ0) is 4.50. The van der Waals surface area contributed by atoms with Crippen molar-refractivity contribution in [1.29, 1.82) is 0 Å². The molecule has 4 nitrogen and oxygen atoms in total. The van der Waals surface area contributed by atoms with Crippen LogP contribution in [0.25, 0.3) is 0 Å². The molecule has 0 aromatic heterocycles. The summed E-state index contributed by atoms with van der Waals surface area (Å²) in [7, 11) is -4.64. The van der Waals surface area contributed by atoms with Gasteiger partial charge in [-0.2, -0.15) is 0 Å². The molecule has 0 heterocycles. The second-order valence-electron chi connectivity index (χ2n) is 0.513. The van der Waals surface area contributed by atoms with E-state index in [4.69, 9.17) is 19.2 Å². The molecule has 0 fully saturated rings. The van der Waals surface area contributed by atoms with Gasteiger partial charge in [-0.3, -0.25) is 0 Å². The summed E-state index contributed by atoms with van der Waals surface area (Å²) in [6.45, 7) is 0. The Kier molecular flexibility index (Phi) is 16.1. The third kappa shape index (κ3) is 52.8. The van der Waals surface area contributed by atoms with Crippen LogP contribution in [0.5, 0.6) is 0 Å². The van der Waals surface area contributed by atoms with E-state index in [0.29, 0.717) is 0 Å². The molecule has 0 bridgehead atoms. The van der Waals surface area contributed by atoms with Crippen LogP contribution in [0.2, 0.25) is 0 Å². The Bertz CT molecular complexity index is 62.2. The Balaban J connectivity index is -0.0000000267. The van der Waals surface area contributed by atoms with Gasteiger partial charge in [0.1, 0.15) is 0 Å². The topological polar surface area (TPSA) is 77.8 Å². The summed E-state index contributed by atoms with van der Waals surface area (Å²) in [5.41, 5.74) is 0. The van der Waals surface area contributed by atoms with Gasteiger partial charge < -0.3 is 14.7 Å². The predicted molar refractivity (Wildman–Crippen MR) is 29.7 cm³/mol. The van der Waals surface area contributed by atoms with Crippen molar-refractivity contribution in [1.82, 2.24) is 0 Å². The van der Waals surface area contributed by atoms with Crippen molar-refractivity contribution in [3.8, 4) is 0 Å². The first-order valence-electron chi connectivity index (χ1n) is 0.783. The number of hydrogen-bond donors (Lipinski definition) is 3. The number of hydrogen-bond acceptors (Lipinski definition) is 1. The molecule has 0 aromatic rings. The monoisotopic (exact) mass is 163 g/mol. The number of phosphoric acid groups is 1. The Hall–Kier alpha value is 2.75. The fourth-order valence-corrected chi connectivity index (χ4v) is 0. The van der Waals surface area contributed by atoms with Crippen LogP contribution in [0.4, 0.5) is 0 Å². The molecule has 0 atom stereocenters. The van der Waals surface area contributed by atoms with Crippen molar-refractivity contribution in [3.63, 3.8) is 0 Å². The molecule has 7 heteroatoms. The van der Waals surface area contributed by atoms with Crippen molar-refractivity contribution in [2.24, 2.45) is 0 Å². The molecule has 0 unspecified atom stereocenters. The second kappa shape index (κ2) is 6.86. The van der Waals surface area contributed by atoms with E-state index in [-0.39, 0.29) is 82.4 Å². The van der Waals surface area contributed by atoms with E-state index >= 15 is 0 Å². The first kappa shape index (κ1) is 16.4. The summed E-state index contributed by atoms with van der Waals surface area (Å²) in [6, 6.07) is 0. The maximum atomic E-state index is 8.88. The van der Waals surface area contributed by atoms with Crippen molar-refractivity contribution in [2.45, 2.75) is 0 Å². The maximum absolute atomic E-state index is 8.88. The van der Waals surface area contributed by atoms with Gasteiger partial charge in [-0.25, -0.2) is 4.57 Å². The van der Waals surface area contributed by atoms with Gasteiger partial charge >= 0.3 is 90.2 Å². The molecule has 0 rings (SSSR count). The zero-order valence-electron chi connectivity index (χ0n) is 3.20. The van der Waals surface area contributed by atoms with Gasteiger partial charge in [-0.1, -0.05) is 0 Å². The molecule has 0 radical (unpaired) electrons. The first-order chi connectivity index (χ1) is 2.00. The van der Waals surface area contributed by atoms with E-state index < -0.39 is 7.82 Å². The van der Waals surface area contributed by atoms with Gasteiger partial charge in [-0.15, -0.1) is 0 Å². The van der Waals surface area contributed by atoms with Crippen molar-refractivity contribution < 1.29 is 20.7 Å². The van der Waals surface area contributed by atoms with Crippen LogP contribution in [0, 0.1) is 0 Å². The Morgan fingerprint density at radius 1 is 1.29 bits per heavy atom. The van der Waals surface area contributed by atoms with Crippen LogP contribution in [0.3, 0.4) is 0 Å². The molecule has 0 aliphatic carbocycles. The van der Waals surface area contributed by atoms with Crippen LogP contribution in [0.15, 0.2) is 0 Å². The van der Waals surface area contributed by atoms with E-state index in [1.54, 1.807) is 0 Å². The van der Waals surface area contributed by atoms with Crippen molar-refractivity contribution in [3.05, 3.63) is 0 Å². The molecule has 0 aliphatic rings. The van der Waals surface area contributed by atoms with E-state index in [0.717, 1.165) is 0 Å². The molecule has 36 valence electrons. The molecular formula is H6KNaO4P+. The summed E-state index contributed by atoms with van der Waals surface area (Å²) >= 11 is 0. The molecule has 0 aliphatic heterocycles. The zero-order valence-corrected chi connectivity index (χ0v) is 3.09. The van der Waals surface area contributed by atoms with E-state index in [1.165, 1.54) is 0 Å². The van der Waals surface area contributed by atoms with Gasteiger partial charge in [0.2, 0.25) is 0 Å². The first-order valence-corrected chi connectivity index (χ1v) is 2.35. The summed E-state index contributed by atoms with van der Waals surface area (Å²) in [4.78, 5) is 21.6. The fraction of sp³-hybridized carbons (Fsp3) is 0. The Labute approximate surface area is 107 Å². The standard InChI is InChI=1S/K.Na.H3O4P.2H/c;;1-5(2,3)4;;/h;;(H3,1,2,3,4);;/p+1. The average molecular weight is 163 g/mol. The molecule has 0 amide bonds. The van der Waals surface area contributed by atoms with Crippen LogP contribution >= 0.6 is 7.82 Å². The SMILES string of the molecule is O=P(O)(O)O.[H+].[KH].[NaH]. The molecule has 0 spiro atoms. The molecule has 0 saturated heterocycles. The van der Waals surface area contributed by atoms with Crippen LogP contribution in [0.1, 0.15) is 1.43 Å². The summed E-state index contributed by atoms with van der Waals surface area (Å²) in [6.07, 6.45) is 0. The quantitative estimate of drug-likeness (QED) is 0.282. The van der Waals surface area contributed by atoms with Crippen LogP contribution < -0.4 is 0 Å². The molecule has 3 N–H and O–H groups in total. The predicted octanol–water partition coefficient (Wildman–Crippen LogP) is -2.11. The van der Waals surface area contributed by atoms with Gasteiger partial charge in [0.05, 0.1) is 0 Å². The van der Waals surface area contributed by atoms with Crippen LogP contribution in [-0.4, -0.2) is 95.6 Å². The molecule has 7 heavy (non-hydrogen) atoms. The third-order valence-electron chi connectivity index (χ3n) is 0. The van der Waals surface area contributed by atoms with Gasteiger partial charge in [0.15, 0.2) is 0 Å². The summed E-state index contributed by atoms with van der Waals surface area (Å²) in [5, 5.41) is 0. The van der Waals surface area contributed by atoms with Gasteiger partial charge in [-0.05, 0) is 0 Å². The minimum atomic E-state index is -4.64. The van der Waals surface area contributed by atoms with Crippen molar-refractivity contribution >= 4 is 88.8 Å². The fourth-order valence-electron chi connectivity index (χ4n) is 0. The Morgan fingerprint density at radius 3 is 1.29 bits per heavy atom. The van der Waals surface area contributed by atoms with E-state index in [9.17, 15) is 0 Å². The Morgan fingerprint density at radius 2 is 1.29 bits per heavy atom. The second-order valence-corrected chi connectivity index (χ2v) is 1.54. The van der Waals surface area contributed by atoms with E-state index in [1.807, 2.05) is 0 Å². The van der Waals surface area contributed by atoms with Crippen molar-refractivity contribution in [2.75, 3.05) is 0 Å². The molecule has 0 saturated carbocycles. The average Bonchev–Trinajstić information content (AvgIpc) is 0.722. The minimum absolute atomic E-state index is 0. The third-order valence-corrected chi connectivity index (χ3v) is 0. The van der Waals surface area contributed by atoms with Gasteiger partial charge in [0, 0.05) is 0 Å².